The predicted molar refractivity (Wildman–Crippen MR) is 115 cm³/mol. The zero-order chi connectivity index (χ0) is 22.0. The minimum Gasteiger partial charge on any atom is -0.485 e. The van der Waals surface area contributed by atoms with E-state index in [0.717, 1.165) is 16.0 Å². The molecule has 7 nitrogen and oxygen atoms in total. The van der Waals surface area contributed by atoms with Crippen LogP contribution < -0.4 is 10.1 Å². The molecule has 0 fully saturated rings. The molecule has 156 valence electrons. The van der Waals surface area contributed by atoms with E-state index in [1.807, 2.05) is 31.2 Å². The Kier molecular flexibility index (Phi) is 5.49. The minimum atomic E-state index is -1.02. The highest BCUT2D eigenvalue weighted by atomic mass is 16.5. The fourth-order valence-electron chi connectivity index (χ4n) is 3.43. The van der Waals surface area contributed by atoms with Crippen LogP contribution in [0.15, 0.2) is 66.9 Å². The summed E-state index contributed by atoms with van der Waals surface area (Å²) < 4.78 is 5.88. The number of benzene rings is 2. The van der Waals surface area contributed by atoms with Crippen LogP contribution in [0.4, 0.5) is 5.82 Å². The number of carbonyl (C=O) groups is 3. The van der Waals surface area contributed by atoms with Crippen LogP contribution in [0.1, 0.15) is 38.8 Å². The summed E-state index contributed by atoms with van der Waals surface area (Å²) in [7, 11) is 0. The van der Waals surface area contributed by atoms with Gasteiger partial charge in [0.2, 0.25) is 5.91 Å². The maximum Gasteiger partial charge on any atom is 0.262 e. The fraction of sp³-hybridized carbons (Fsp3) is 0.167. The van der Waals surface area contributed by atoms with E-state index in [0.29, 0.717) is 23.5 Å². The van der Waals surface area contributed by atoms with Gasteiger partial charge in [-0.1, -0.05) is 36.4 Å². The highest BCUT2D eigenvalue weighted by Gasteiger charge is 2.40. The Balaban J connectivity index is 1.49. The number of aromatic nitrogens is 1. The van der Waals surface area contributed by atoms with Crippen molar-refractivity contribution in [1.82, 2.24) is 9.88 Å². The largest absolute Gasteiger partial charge is 0.485 e. The monoisotopic (exact) mass is 415 g/mol. The van der Waals surface area contributed by atoms with Gasteiger partial charge in [-0.3, -0.25) is 19.3 Å². The normalized spacial score (nSPS) is 13.7. The maximum absolute atomic E-state index is 12.9. The zero-order valence-electron chi connectivity index (χ0n) is 17.2. The molecule has 7 heteroatoms. The third-order valence-corrected chi connectivity index (χ3v) is 5.25. The number of aryl methyl sites for hydroxylation is 1. The number of imide groups is 1. The number of nitrogens with one attached hydrogen (secondary N) is 1. The number of carbonyl (C=O) groups excluding carboxylic acids is 3. The summed E-state index contributed by atoms with van der Waals surface area (Å²) in [4.78, 5) is 43.3. The van der Waals surface area contributed by atoms with Crippen LogP contribution in [0.25, 0.3) is 0 Å². The van der Waals surface area contributed by atoms with Crippen molar-refractivity contribution in [3.8, 4) is 5.75 Å². The summed E-state index contributed by atoms with van der Waals surface area (Å²) in [6.07, 6.45) is 1.53. The van der Waals surface area contributed by atoms with Crippen LogP contribution in [0.5, 0.6) is 5.75 Å². The Hall–Kier alpha value is -4.00. The lowest BCUT2D eigenvalue weighted by atomic mass is 10.1. The van der Waals surface area contributed by atoms with Crippen molar-refractivity contribution in [2.24, 2.45) is 0 Å². The molecule has 1 N–H and O–H groups in total. The summed E-state index contributed by atoms with van der Waals surface area (Å²) in [6, 6.07) is 16.8. The molecular formula is C24H21N3O4. The van der Waals surface area contributed by atoms with E-state index in [1.165, 1.54) is 13.1 Å². The molecule has 1 aliphatic rings. The molecule has 0 bridgehead atoms. The average molecular weight is 415 g/mol. The second-order valence-electron chi connectivity index (χ2n) is 7.26. The minimum absolute atomic E-state index is 0.226. The van der Waals surface area contributed by atoms with Gasteiger partial charge in [-0.15, -0.1) is 0 Å². The molecule has 3 aromatic rings. The van der Waals surface area contributed by atoms with Crippen LogP contribution in [-0.2, 0) is 11.4 Å². The molecule has 31 heavy (non-hydrogen) atoms. The second-order valence-corrected chi connectivity index (χ2v) is 7.26. The van der Waals surface area contributed by atoms with Gasteiger partial charge < -0.3 is 10.1 Å². The molecule has 0 radical (unpaired) electrons. The van der Waals surface area contributed by atoms with Gasteiger partial charge in [0.05, 0.1) is 11.1 Å². The van der Waals surface area contributed by atoms with E-state index in [4.69, 9.17) is 4.74 Å². The summed E-state index contributed by atoms with van der Waals surface area (Å²) in [6.45, 7) is 3.82. The van der Waals surface area contributed by atoms with E-state index < -0.39 is 23.8 Å². The molecule has 1 unspecified atom stereocenters. The molecule has 1 aromatic heterocycles. The molecule has 0 spiro atoms. The molecule has 2 heterocycles. The first kappa shape index (κ1) is 20.3. The molecular weight excluding hydrogens is 394 g/mol. The van der Waals surface area contributed by atoms with Gasteiger partial charge in [-0.25, -0.2) is 4.98 Å². The second kappa shape index (κ2) is 8.39. The molecule has 4 rings (SSSR count). The Bertz CT molecular complexity index is 1140. The van der Waals surface area contributed by atoms with E-state index in [2.05, 4.69) is 10.3 Å². The lowest BCUT2D eigenvalue weighted by molar-refractivity contribution is -0.119. The SMILES string of the molecule is Cc1ccccc1COc1cccnc1NC(=O)C(C)N1C(=O)c2ccccc2C1=O. The van der Waals surface area contributed by atoms with E-state index in [1.54, 1.807) is 36.4 Å². The number of hydrogen-bond donors (Lipinski definition) is 1. The lowest BCUT2D eigenvalue weighted by Gasteiger charge is -2.22. The van der Waals surface area contributed by atoms with E-state index in [9.17, 15) is 14.4 Å². The molecule has 2 aromatic carbocycles. The molecule has 1 aliphatic heterocycles. The van der Waals surface area contributed by atoms with Crippen molar-refractivity contribution < 1.29 is 19.1 Å². The van der Waals surface area contributed by atoms with Crippen molar-refractivity contribution in [3.63, 3.8) is 0 Å². The van der Waals surface area contributed by atoms with Crippen LogP contribution in [0.2, 0.25) is 0 Å². The Morgan fingerprint density at radius 1 is 1.00 bits per heavy atom. The molecule has 0 aliphatic carbocycles. The summed E-state index contributed by atoms with van der Waals surface area (Å²) >= 11 is 0. The number of fused-ring (bicyclic) bond motifs is 1. The van der Waals surface area contributed by atoms with Gasteiger partial charge in [-0.2, -0.15) is 0 Å². The summed E-state index contributed by atoms with van der Waals surface area (Å²) in [5.74, 6) is -0.882. The first-order chi connectivity index (χ1) is 15.0. The van der Waals surface area contributed by atoms with Crippen LogP contribution in [0, 0.1) is 6.92 Å². The number of rotatable bonds is 6. The number of ether oxygens (including phenoxy) is 1. The van der Waals surface area contributed by atoms with Gasteiger partial charge in [0.1, 0.15) is 12.6 Å². The van der Waals surface area contributed by atoms with Gasteiger partial charge in [-0.05, 0) is 49.2 Å². The van der Waals surface area contributed by atoms with Crippen molar-refractivity contribution >= 4 is 23.5 Å². The third kappa shape index (κ3) is 3.90. The van der Waals surface area contributed by atoms with E-state index in [-0.39, 0.29) is 5.82 Å². The Morgan fingerprint density at radius 2 is 1.65 bits per heavy atom. The topological polar surface area (TPSA) is 88.6 Å². The van der Waals surface area contributed by atoms with E-state index >= 15 is 0 Å². The molecule has 3 amide bonds. The van der Waals surface area contributed by atoms with Gasteiger partial charge in [0, 0.05) is 6.20 Å². The van der Waals surface area contributed by atoms with Gasteiger partial charge in [0.15, 0.2) is 11.6 Å². The van der Waals surface area contributed by atoms with Crippen molar-refractivity contribution in [3.05, 3.63) is 89.1 Å². The highest BCUT2D eigenvalue weighted by molar-refractivity contribution is 6.23. The summed E-state index contributed by atoms with van der Waals surface area (Å²) in [5.41, 5.74) is 2.71. The summed E-state index contributed by atoms with van der Waals surface area (Å²) in [5, 5.41) is 2.68. The molecule has 1 atom stereocenters. The van der Waals surface area contributed by atoms with Crippen molar-refractivity contribution in [1.29, 1.82) is 0 Å². The van der Waals surface area contributed by atoms with Gasteiger partial charge in [0.25, 0.3) is 11.8 Å². The number of anilines is 1. The Labute approximate surface area is 179 Å². The maximum atomic E-state index is 12.9. The number of pyridine rings is 1. The first-order valence-electron chi connectivity index (χ1n) is 9.87. The average Bonchev–Trinajstić information content (AvgIpc) is 3.04. The highest BCUT2D eigenvalue weighted by Crippen LogP contribution is 2.26. The Morgan fingerprint density at radius 3 is 2.32 bits per heavy atom. The zero-order valence-corrected chi connectivity index (χ0v) is 17.2. The number of hydrogen-bond acceptors (Lipinski definition) is 5. The van der Waals surface area contributed by atoms with Crippen LogP contribution >= 0.6 is 0 Å². The predicted octanol–water partition coefficient (Wildman–Crippen LogP) is 3.59. The quantitative estimate of drug-likeness (QED) is 0.622. The van der Waals surface area contributed by atoms with Crippen molar-refractivity contribution in [2.75, 3.05) is 5.32 Å². The molecule has 0 saturated heterocycles. The van der Waals surface area contributed by atoms with Crippen molar-refractivity contribution in [2.45, 2.75) is 26.5 Å². The smallest absolute Gasteiger partial charge is 0.262 e. The standard InChI is InChI=1S/C24H21N3O4/c1-15-8-3-4-9-17(15)14-31-20-12-7-13-25-21(20)26-22(28)16(2)27-23(29)18-10-5-6-11-19(18)24(27)30/h3-13,16H,14H2,1-2H3,(H,25,26,28). The number of amides is 3. The van der Waals surface area contributed by atoms with Crippen LogP contribution in [-0.4, -0.2) is 33.6 Å². The fourth-order valence-corrected chi connectivity index (χ4v) is 3.43. The lowest BCUT2D eigenvalue weighted by Crippen LogP contribution is -2.45. The first-order valence-corrected chi connectivity index (χ1v) is 9.87. The van der Waals surface area contributed by atoms with Gasteiger partial charge >= 0.3 is 0 Å². The molecule has 0 saturated carbocycles. The van der Waals surface area contributed by atoms with Crippen LogP contribution in [0.3, 0.4) is 0 Å². The number of nitrogens with zero attached hydrogens (tertiary/aromatic N) is 2. The third-order valence-electron chi connectivity index (χ3n) is 5.25.